The normalized spacial score (nSPS) is 26.0. The number of rotatable bonds is 7. The van der Waals surface area contributed by atoms with Crippen LogP contribution in [0.25, 0.3) is 0 Å². The number of hydrogen-bond donors (Lipinski definition) is 4. The summed E-state index contributed by atoms with van der Waals surface area (Å²) in [6.45, 7) is -0.430. The Hall–Kier alpha value is -1.80. The van der Waals surface area contributed by atoms with E-state index in [0.29, 0.717) is 22.8 Å². The lowest BCUT2D eigenvalue weighted by molar-refractivity contribution is -0.146. The lowest BCUT2D eigenvalue weighted by atomic mass is 10.1. The molecule has 2 bridgehead atoms. The first-order valence-electron chi connectivity index (χ1n) is 7.83. The number of esters is 1. The van der Waals surface area contributed by atoms with E-state index in [0.717, 1.165) is 0 Å². The molecule has 0 aliphatic heterocycles. The number of hydrogen-bond acceptors (Lipinski definition) is 8. The minimum absolute atomic E-state index is 0.232. The highest BCUT2D eigenvalue weighted by Crippen LogP contribution is 2.45. The van der Waals surface area contributed by atoms with Gasteiger partial charge in [-0.1, -0.05) is 12.2 Å². The highest BCUT2D eigenvalue weighted by molar-refractivity contribution is 7.99. The van der Waals surface area contributed by atoms with Crippen LogP contribution >= 0.6 is 11.8 Å². The zero-order valence-corrected chi connectivity index (χ0v) is 13.7. The van der Waals surface area contributed by atoms with Gasteiger partial charge >= 0.3 is 11.9 Å². The topological polar surface area (TPSA) is 120 Å². The number of ether oxygens (including phenoxy) is 1. The van der Waals surface area contributed by atoms with Gasteiger partial charge in [-0.25, -0.2) is 0 Å². The molecule has 2 aliphatic rings. The van der Waals surface area contributed by atoms with Gasteiger partial charge in [0.05, 0.1) is 6.42 Å². The smallest absolute Gasteiger partial charge is 0.330 e. The fourth-order valence-corrected chi connectivity index (χ4v) is 4.60. The number of allylic oxidation sites excluding steroid dienone is 2. The molecule has 1 fully saturated rings. The van der Waals surface area contributed by atoms with E-state index in [4.69, 9.17) is 9.84 Å². The van der Waals surface area contributed by atoms with Crippen LogP contribution < -0.4 is 0 Å². The Bertz CT molecular complexity index is 639. The van der Waals surface area contributed by atoms with Crippen molar-refractivity contribution in [1.82, 2.24) is 0 Å². The predicted molar refractivity (Wildman–Crippen MR) is 85.8 cm³/mol. The van der Waals surface area contributed by atoms with Gasteiger partial charge in [0.15, 0.2) is 5.76 Å². The van der Waals surface area contributed by atoms with Gasteiger partial charge in [0.2, 0.25) is 11.5 Å². The van der Waals surface area contributed by atoms with E-state index in [1.807, 2.05) is 0 Å². The number of fused-ring (bicyclic) bond motifs is 2. The van der Waals surface area contributed by atoms with Crippen LogP contribution in [0.2, 0.25) is 0 Å². The van der Waals surface area contributed by atoms with E-state index in [9.17, 15) is 20.1 Å². The number of furan rings is 1. The first-order chi connectivity index (χ1) is 11.5. The minimum Gasteiger partial charge on any atom is -0.502 e. The molecule has 3 rings (SSSR count). The molecule has 0 spiro atoms. The molecular weight excluding hydrogens is 336 g/mol. The summed E-state index contributed by atoms with van der Waals surface area (Å²) in [6, 6.07) is 0. The Kier molecular flexibility index (Phi) is 4.96. The largest absolute Gasteiger partial charge is 0.502 e. The average molecular weight is 356 g/mol. The second-order valence-electron chi connectivity index (χ2n) is 6.11. The lowest BCUT2D eigenvalue weighted by Crippen LogP contribution is -2.14. The molecule has 0 radical (unpaired) electrons. The maximum Gasteiger partial charge on any atom is 0.330 e. The molecule has 2 aliphatic carbocycles. The summed E-state index contributed by atoms with van der Waals surface area (Å²) in [5.74, 6) is -1.44. The van der Waals surface area contributed by atoms with Gasteiger partial charge in [0.1, 0.15) is 12.7 Å². The summed E-state index contributed by atoms with van der Waals surface area (Å²) in [7, 11) is 0. The van der Waals surface area contributed by atoms with E-state index >= 15 is 0 Å². The SMILES string of the molecule is O=C(CCSC1CC2C=CC1C2)OC[C@H](O)c1oc(O)c(O)c1O. The van der Waals surface area contributed by atoms with Gasteiger partial charge in [0, 0.05) is 11.0 Å². The minimum atomic E-state index is -1.47. The Labute approximate surface area is 142 Å². The molecule has 1 aromatic rings. The third-order valence-corrected chi connectivity index (χ3v) is 5.84. The molecule has 24 heavy (non-hydrogen) atoms. The lowest BCUT2D eigenvalue weighted by Gasteiger charge is -2.17. The van der Waals surface area contributed by atoms with E-state index in [2.05, 4.69) is 16.6 Å². The monoisotopic (exact) mass is 356 g/mol. The van der Waals surface area contributed by atoms with Crippen molar-refractivity contribution in [3.63, 3.8) is 0 Å². The zero-order chi connectivity index (χ0) is 17.3. The van der Waals surface area contributed by atoms with E-state index < -0.39 is 41.9 Å². The van der Waals surface area contributed by atoms with Crippen LogP contribution in [0.3, 0.4) is 0 Å². The van der Waals surface area contributed by atoms with Crippen LogP contribution in [0.1, 0.15) is 31.1 Å². The van der Waals surface area contributed by atoms with E-state index in [1.165, 1.54) is 12.8 Å². The molecular formula is C16H20O7S. The molecule has 0 saturated heterocycles. The molecule has 4 N–H and O–H groups in total. The number of aromatic hydroxyl groups is 3. The molecule has 1 saturated carbocycles. The third kappa shape index (κ3) is 3.49. The summed E-state index contributed by atoms with van der Waals surface area (Å²) in [6.07, 6.45) is 5.70. The van der Waals surface area contributed by atoms with Crippen molar-refractivity contribution < 1.29 is 34.4 Å². The fraction of sp³-hybridized carbons (Fsp3) is 0.562. The quantitative estimate of drug-likeness (QED) is 0.433. The second kappa shape index (κ2) is 6.98. The van der Waals surface area contributed by atoms with Crippen molar-refractivity contribution in [3.8, 4) is 17.4 Å². The summed E-state index contributed by atoms with van der Waals surface area (Å²) in [5.41, 5.74) is 0. The Balaban J connectivity index is 1.37. The van der Waals surface area contributed by atoms with Crippen LogP contribution in [0.15, 0.2) is 16.6 Å². The summed E-state index contributed by atoms with van der Waals surface area (Å²) >= 11 is 1.77. The summed E-state index contributed by atoms with van der Waals surface area (Å²) in [4.78, 5) is 11.7. The molecule has 1 aromatic heterocycles. The standard InChI is InChI=1S/C16H20O7S/c17-10(15-13(19)14(20)16(21)23-15)7-22-12(18)3-4-24-11-6-8-1-2-9(11)5-8/h1-2,8-11,17,19-21H,3-7H2/t8?,9?,10-,11?/m0/s1. The van der Waals surface area contributed by atoms with Crippen LogP contribution in [0, 0.1) is 11.8 Å². The summed E-state index contributed by atoms with van der Waals surface area (Å²) < 4.78 is 9.56. The highest BCUT2D eigenvalue weighted by atomic mass is 32.2. The van der Waals surface area contributed by atoms with Crippen molar-refractivity contribution in [1.29, 1.82) is 0 Å². The predicted octanol–water partition coefficient (Wildman–Crippen LogP) is 2.06. The number of aliphatic hydroxyl groups is 1. The van der Waals surface area contributed by atoms with Crippen molar-refractivity contribution in [2.24, 2.45) is 11.8 Å². The van der Waals surface area contributed by atoms with E-state index in [-0.39, 0.29) is 6.42 Å². The third-order valence-electron chi connectivity index (χ3n) is 4.43. The molecule has 132 valence electrons. The maximum absolute atomic E-state index is 11.7. The van der Waals surface area contributed by atoms with Crippen molar-refractivity contribution in [2.45, 2.75) is 30.6 Å². The molecule has 1 heterocycles. The zero-order valence-electron chi connectivity index (χ0n) is 12.9. The highest BCUT2D eigenvalue weighted by Gasteiger charge is 2.35. The molecule has 7 nitrogen and oxygen atoms in total. The van der Waals surface area contributed by atoms with Crippen LogP contribution in [-0.2, 0) is 9.53 Å². The van der Waals surface area contributed by atoms with Gasteiger partial charge in [0.25, 0.3) is 0 Å². The average Bonchev–Trinajstić information content (AvgIpc) is 3.24. The molecule has 4 atom stereocenters. The number of aliphatic hydroxyl groups excluding tert-OH is 1. The fourth-order valence-electron chi connectivity index (χ4n) is 3.18. The summed E-state index contributed by atoms with van der Waals surface area (Å²) in [5, 5.41) is 38.1. The van der Waals surface area contributed by atoms with Crippen LogP contribution in [0.5, 0.6) is 17.4 Å². The van der Waals surface area contributed by atoms with Crippen molar-refractivity contribution in [2.75, 3.05) is 12.4 Å². The number of thioether (sulfide) groups is 1. The van der Waals surface area contributed by atoms with Gasteiger partial charge < -0.3 is 29.6 Å². The Morgan fingerprint density at radius 3 is 2.67 bits per heavy atom. The first kappa shape index (κ1) is 17.0. The Morgan fingerprint density at radius 2 is 2.08 bits per heavy atom. The first-order valence-corrected chi connectivity index (χ1v) is 8.87. The van der Waals surface area contributed by atoms with Gasteiger partial charge in [-0.3, -0.25) is 4.79 Å². The maximum atomic E-state index is 11.7. The Morgan fingerprint density at radius 1 is 1.29 bits per heavy atom. The van der Waals surface area contributed by atoms with Gasteiger partial charge in [-0.15, -0.1) is 0 Å². The molecule has 3 unspecified atom stereocenters. The molecule has 0 aromatic carbocycles. The van der Waals surface area contributed by atoms with Gasteiger partial charge in [-0.05, 0) is 24.7 Å². The number of carbonyl (C=O) groups is 1. The molecule has 8 heteroatoms. The van der Waals surface area contributed by atoms with Crippen molar-refractivity contribution >= 4 is 17.7 Å². The van der Waals surface area contributed by atoms with E-state index in [1.54, 1.807) is 11.8 Å². The number of carbonyl (C=O) groups excluding carboxylic acids is 1. The van der Waals surface area contributed by atoms with Gasteiger partial charge in [-0.2, -0.15) is 11.8 Å². The molecule has 0 amide bonds. The second-order valence-corrected chi connectivity index (χ2v) is 7.45. The van der Waals surface area contributed by atoms with Crippen LogP contribution in [0.4, 0.5) is 0 Å². The van der Waals surface area contributed by atoms with Crippen molar-refractivity contribution in [3.05, 3.63) is 17.9 Å². The van der Waals surface area contributed by atoms with Crippen LogP contribution in [-0.4, -0.2) is 44.0 Å².